The number of hydrogen-bond donors (Lipinski definition) is 1. The average molecular weight is 295 g/mol. The molecule has 0 saturated heterocycles. The van der Waals surface area contributed by atoms with Crippen LogP contribution in [0.2, 0.25) is 0 Å². The molecule has 4 nitrogen and oxygen atoms in total. The van der Waals surface area contributed by atoms with Crippen LogP contribution in [-0.2, 0) is 17.6 Å². The van der Waals surface area contributed by atoms with E-state index in [1.165, 1.54) is 18.2 Å². The summed E-state index contributed by atoms with van der Waals surface area (Å²) in [7, 11) is 1.33. The Morgan fingerprint density at radius 1 is 0.955 bits per heavy atom. The summed E-state index contributed by atoms with van der Waals surface area (Å²) in [5, 5.41) is 3.05. The molecule has 0 unspecified atom stereocenters. The van der Waals surface area contributed by atoms with Gasteiger partial charge in [-0.25, -0.2) is 4.79 Å². The molecule has 1 amide bonds. The van der Waals surface area contributed by atoms with Crippen LogP contribution in [-0.4, -0.2) is 25.0 Å². The monoisotopic (exact) mass is 295 g/mol. The lowest BCUT2D eigenvalue weighted by Gasteiger charge is -2.12. The van der Waals surface area contributed by atoms with Crippen molar-refractivity contribution in [1.29, 1.82) is 0 Å². The van der Waals surface area contributed by atoms with Crippen molar-refractivity contribution in [3.05, 3.63) is 70.8 Å². The zero-order chi connectivity index (χ0) is 15.5. The number of hydrogen-bond acceptors (Lipinski definition) is 3. The Bertz CT molecular complexity index is 682. The first-order valence-electron chi connectivity index (χ1n) is 7.23. The molecule has 4 heteroatoms. The molecule has 0 saturated carbocycles. The molecule has 0 aromatic heterocycles. The number of carbonyl (C=O) groups is 2. The highest BCUT2D eigenvalue weighted by molar-refractivity contribution is 5.96. The maximum Gasteiger partial charge on any atom is 0.337 e. The molecule has 112 valence electrons. The quantitative estimate of drug-likeness (QED) is 0.885. The molecule has 1 aliphatic rings. The molecule has 0 spiro atoms. The van der Waals surface area contributed by atoms with Crippen LogP contribution in [0.3, 0.4) is 0 Å². The van der Waals surface area contributed by atoms with Crippen molar-refractivity contribution in [2.24, 2.45) is 0 Å². The summed E-state index contributed by atoms with van der Waals surface area (Å²) in [6, 6.07) is 14.9. The van der Waals surface area contributed by atoms with Crippen LogP contribution in [0.25, 0.3) is 0 Å². The van der Waals surface area contributed by atoms with E-state index >= 15 is 0 Å². The number of benzene rings is 2. The van der Waals surface area contributed by atoms with Gasteiger partial charge in [0.15, 0.2) is 0 Å². The molecule has 22 heavy (non-hydrogen) atoms. The molecule has 0 fully saturated rings. The first-order valence-corrected chi connectivity index (χ1v) is 7.23. The molecule has 0 heterocycles. The van der Waals surface area contributed by atoms with Crippen LogP contribution in [0.15, 0.2) is 48.5 Å². The minimum absolute atomic E-state index is 0.116. The molecule has 0 radical (unpaired) electrons. The van der Waals surface area contributed by atoms with Crippen LogP contribution >= 0.6 is 0 Å². The minimum Gasteiger partial charge on any atom is -0.465 e. The molecule has 1 aliphatic carbocycles. The van der Waals surface area contributed by atoms with E-state index in [1.54, 1.807) is 24.3 Å². The summed E-state index contributed by atoms with van der Waals surface area (Å²) in [4.78, 5) is 23.7. The Balaban J connectivity index is 1.65. The Morgan fingerprint density at radius 3 is 2.05 bits per heavy atom. The highest BCUT2D eigenvalue weighted by Crippen LogP contribution is 2.21. The normalized spacial score (nSPS) is 13.5. The van der Waals surface area contributed by atoms with Crippen molar-refractivity contribution in [2.75, 3.05) is 7.11 Å². The lowest BCUT2D eigenvalue weighted by molar-refractivity contribution is 0.0600. The number of amides is 1. The van der Waals surface area contributed by atoms with Gasteiger partial charge in [0.05, 0.1) is 12.7 Å². The van der Waals surface area contributed by atoms with Gasteiger partial charge in [-0.3, -0.25) is 4.79 Å². The van der Waals surface area contributed by atoms with Crippen molar-refractivity contribution >= 4 is 11.9 Å². The van der Waals surface area contributed by atoms with Crippen LogP contribution in [0.1, 0.15) is 31.8 Å². The summed E-state index contributed by atoms with van der Waals surface area (Å²) in [6.45, 7) is 0. The van der Waals surface area contributed by atoms with Crippen molar-refractivity contribution in [3.8, 4) is 0 Å². The summed E-state index contributed by atoms with van der Waals surface area (Å²) in [6.07, 6.45) is 1.73. The van der Waals surface area contributed by atoms with Gasteiger partial charge in [-0.2, -0.15) is 0 Å². The van der Waals surface area contributed by atoms with Crippen LogP contribution in [0, 0.1) is 0 Å². The van der Waals surface area contributed by atoms with E-state index < -0.39 is 5.97 Å². The molecule has 2 aromatic carbocycles. The van der Waals surface area contributed by atoms with Gasteiger partial charge in [0.1, 0.15) is 0 Å². The predicted molar refractivity (Wildman–Crippen MR) is 82.9 cm³/mol. The number of carbonyl (C=O) groups excluding carboxylic acids is 2. The molecule has 2 aromatic rings. The van der Waals surface area contributed by atoms with Gasteiger partial charge >= 0.3 is 5.97 Å². The van der Waals surface area contributed by atoms with Crippen LogP contribution in [0.4, 0.5) is 0 Å². The fourth-order valence-electron chi connectivity index (χ4n) is 2.81. The highest BCUT2D eigenvalue weighted by atomic mass is 16.5. The highest BCUT2D eigenvalue weighted by Gasteiger charge is 2.22. The zero-order valence-electron chi connectivity index (χ0n) is 12.3. The third-order valence-electron chi connectivity index (χ3n) is 3.95. The van der Waals surface area contributed by atoms with Gasteiger partial charge in [-0.15, -0.1) is 0 Å². The van der Waals surface area contributed by atoms with E-state index in [0.29, 0.717) is 11.1 Å². The number of esters is 1. The third-order valence-corrected chi connectivity index (χ3v) is 3.95. The van der Waals surface area contributed by atoms with Gasteiger partial charge in [0, 0.05) is 11.6 Å². The van der Waals surface area contributed by atoms with E-state index in [2.05, 4.69) is 22.2 Å². The lowest BCUT2D eigenvalue weighted by Crippen LogP contribution is -2.35. The predicted octanol–water partition coefficient (Wildman–Crippen LogP) is 2.37. The molecular weight excluding hydrogens is 278 g/mol. The number of methoxy groups -OCH3 is 1. The summed E-state index contributed by atoms with van der Waals surface area (Å²) < 4.78 is 4.64. The maximum atomic E-state index is 12.3. The van der Waals surface area contributed by atoms with E-state index in [1.807, 2.05) is 12.1 Å². The number of ether oxygens (including phenoxy) is 1. The van der Waals surface area contributed by atoms with Gasteiger partial charge in [0.2, 0.25) is 0 Å². The minimum atomic E-state index is -0.404. The number of nitrogens with one attached hydrogen (secondary N) is 1. The van der Waals surface area contributed by atoms with Gasteiger partial charge in [-0.05, 0) is 48.2 Å². The maximum absolute atomic E-state index is 12.3. The second-order valence-electron chi connectivity index (χ2n) is 5.42. The smallest absolute Gasteiger partial charge is 0.337 e. The van der Waals surface area contributed by atoms with Crippen LogP contribution in [0.5, 0.6) is 0 Å². The van der Waals surface area contributed by atoms with E-state index in [-0.39, 0.29) is 11.9 Å². The number of rotatable bonds is 3. The van der Waals surface area contributed by atoms with Crippen molar-refractivity contribution < 1.29 is 14.3 Å². The second kappa shape index (κ2) is 6.02. The van der Waals surface area contributed by atoms with E-state index in [4.69, 9.17) is 0 Å². The standard InChI is InChI=1S/C18H17NO3/c1-22-18(21)13-8-6-12(7-9-13)17(20)19-16-10-14-4-2-3-5-15(14)11-16/h2-9,16H,10-11H2,1H3,(H,19,20). The Morgan fingerprint density at radius 2 is 1.50 bits per heavy atom. The average Bonchev–Trinajstić information content (AvgIpc) is 2.96. The molecule has 0 aliphatic heterocycles. The first-order chi connectivity index (χ1) is 10.7. The second-order valence-corrected chi connectivity index (χ2v) is 5.42. The van der Waals surface area contributed by atoms with Gasteiger partial charge < -0.3 is 10.1 Å². The van der Waals surface area contributed by atoms with Gasteiger partial charge in [0.25, 0.3) is 5.91 Å². The summed E-state index contributed by atoms with van der Waals surface area (Å²) >= 11 is 0. The topological polar surface area (TPSA) is 55.4 Å². The van der Waals surface area contributed by atoms with Gasteiger partial charge in [-0.1, -0.05) is 24.3 Å². The van der Waals surface area contributed by atoms with Crippen molar-refractivity contribution in [2.45, 2.75) is 18.9 Å². The van der Waals surface area contributed by atoms with Crippen LogP contribution < -0.4 is 5.32 Å². The summed E-state index contributed by atoms with van der Waals surface area (Å²) in [5.74, 6) is -0.521. The molecule has 3 rings (SSSR count). The Kier molecular flexibility index (Phi) is 3.92. The first kappa shape index (κ1) is 14.3. The molecule has 1 N–H and O–H groups in total. The van der Waals surface area contributed by atoms with E-state index in [9.17, 15) is 9.59 Å². The fraction of sp³-hybridized carbons (Fsp3) is 0.222. The van der Waals surface area contributed by atoms with E-state index in [0.717, 1.165) is 12.8 Å². The largest absolute Gasteiger partial charge is 0.465 e. The fourth-order valence-corrected chi connectivity index (χ4v) is 2.81. The number of fused-ring (bicyclic) bond motifs is 1. The molecule has 0 atom stereocenters. The summed E-state index contributed by atoms with van der Waals surface area (Å²) in [5.41, 5.74) is 3.58. The SMILES string of the molecule is COC(=O)c1ccc(C(=O)NC2Cc3ccccc3C2)cc1. The Labute approximate surface area is 129 Å². The zero-order valence-corrected chi connectivity index (χ0v) is 12.3. The lowest BCUT2D eigenvalue weighted by atomic mass is 10.1. The van der Waals surface area contributed by atoms with Crippen molar-refractivity contribution in [3.63, 3.8) is 0 Å². The molecular formula is C18H17NO3. The Hall–Kier alpha value is -2.62. The third kappa shape index (κ3) is 2.86. The molecule has 0 bridgehead atoms. The van der Waals surface area contributed by atoms with Crippen molar-refractivity contribution in [1.82, 2.24) is 5.32 Å².